The number of methoxy groups -OCH3 is 1. The van der Waals surface area contributed by atoms with Crippen molar-refractivity contribution in [3.63, 3.8) is 0 Å². The molecule has 0 radical (unpaired) electrons. The van der Waals surface area contributed by atoms with Gasteiger partial charge in [-0.05, 0) is 17.7 Å². The molecule has 0 bridgehead atoms. The Morgan fingerprint density at radius 1 is 0.966 bits per heavy atom. The molecule has 0 aromatic heterocycles. The first kappa shape index (κ1) is 21.7. The van der Waals surface area contributed by atoms with Crippen LogP contribution in [0.15, 0.2) is 79.9 Å². The molecule has 0 saturated carbocycles. The minimum absolute atomic E-state index is 0.317. The lowest BCUT2D eigenvalue weighted by Gasteiger charge is -2.19. The van der Waals surface area contributed by atoms with E-state index in [1.165, 1.54) is 4.90 Å². The number of hydrogen-bond acceptors (Lipinski definition) is 4. The summed E-state index contributed by atoms with van der Waals surface area (Å²) in [7, 11) is 1.57. The number of para-hydroxylation sites is 1. The smallest absolute Gasteiger partial charge is 0.339 e. The number of carbonyl (C=O) groups is 2. The van der Waals surface area contributed by atoms with Crippen molar-refractivity contribution in [2.45, 2.75) is 0 Å². The zero-order valence-corrected chi connectivity index (χ0v) is 16.5. The Morgan fingerprint density at radius 3 is 2.21 bits per heavy atom. The molecule has 0 aliphatic heterocycles. The Labute approximate surface area is 171 Å². The Morgan fingerprint density at radius 2 is 1.59 bits per heavy atom. The predicted molar refractivity (Wildman–Crippen MR) is 115 cm³/mol. The summed E-state index contributed by atoms with van der Waals surface area (Å²) in [6.45, 7) is 7.61. The minimum Gasteiger partial charge on any atom is -0.496 e. The number of benzene rings is 2. The molecule has 0 fully saturated rings. The Bertz CT molecular complexity index is 877. The average molecular weight is 391 g/mol. The summed E-state index contributed by atoms with van der Waals surface area (Å²) in [6, 6.07) is 16.5. The second-order valence-electron chi connectivity index (χ2n) is 6.12. The van der Waals surface area contributed by atoms with E-state index in [0.717, 1.165) is 5.56 Å². The quantitative estimate of drug-likeness (QED) is 0.266. The predicted octanol–water partition coefficient (Wildman–Crippen LogP) is 3.98. The maximum atomic E-state index is 12.8. The minimum atomic E-state index is -0.590. The van der Waals surface area contributed by atoms with Crippen LogP contribution in [0, 0.1) is 0 Å². The molecule has 0 spiro atoms. The van der Waals surface area contributed by atoms with Crippen molar-refractivity contribution in [2.24, 2.45) is 0 Å². The maximum absolute atomic E-state index is 12.8. The van der Waals surface area contributed by atoms with E-state index in [0.29, 0.717) is 30.0 Å². The van der Waals surface area contributed by atoms with Crippen LogP contribution in [0.5, 0.6) is 5.75 Å². The molecule has 0 atom stereocenters. The Hall–Kier alpha value is -3.60. The highest BCUT2D eigenvalue weighted by Gasteiger charge is 2.18. The number of hydrogen-bond donors (Lipinski definition) is 0. The molecule has 0 aliphatic rings. The fourth-order valence-corrected chi connectivity index (χ4v) is 2.71. The van der Waals surface area contributed by atoms with Crippen molar-refractivity contribution >= 4 is 23.5 Å². The fourth-order valence-electron chi connectivity index (χ4n) is 2.71. The van der Waals surface area contributed by atoms with Crippen LogP contribution >= 0.6 is 0 Å². The van der Waals surface area contributed by atoms with Gasteiger partial charge in [0.15, 0.2) is 6.61 Å². The summed E-state index contributed by atoms with van der Waals surface area (Å²) in [6.07, 6.45) is 4.92. The molecule has 2 aromatic carbocycles. The number of esters is 1. The first-order chi connectivity index (χ1) is 14.1. The van der Waals surface area contributed by atoms with E-state index >= 15 is 0 Å². The molecule has 2 aromatic rings. The third-order valence-electron chi connectivity index (χ3n) is 4.12. The second kappa shape index (κ2) is 11.3. The zero-order chi connectivity index (χ0) is 21.1. The lowest BCUT2D eigenvalue weighted by atomic mass is 10.0. The molecule has 0 unspecified atom stereocenters. The van der Waals surface area contributed by atoms with Crippen LogP contribution in [-0.2, 0) is 14.3 Å². The fraction of sp³-hybridized carbons (Fsp3) is 0.167. The van der Waals surface area contributed by atoms with Gasteiger partial charge in [-0.1, -0.05) is 60.7 Å². The molecule has 5 nitrogen and oxygen atoms in total. The highest BCUT2D eigenvalue weighted by Crippen LogP contribution is 2.25. The molecule has 5 heteroatoms. The number of amides is 1. The van der Waals surface area contributed by atoms with Crippen LogP contribution in [0.2, 0.25) is 0 Å². The van der Waals surface area contributed by atoms with Gasteiger partial charge < -0.3 is 14.4 Å². The van der Waals surface area contributed by atoms with E-state index in [1.54, 1.807) is 25.3 Å². The summed E-state index contributed by atoms with van der Waals surface area (Å²) < 4.78 is 10.7. The first-order valence-corrected chi connectivity index (χ1v) is 9.17. The van der Waals surface area contributed by atoms with Gasteiger partial charge in [-0.3, -0.25) is 4.79 Å². The highest BCUT2D eigenvalue weighted by molar-refractivity contribution is 6.22. The van der Waals surface area contributed by atoms with Crippen LogP contribution in [-0.4, -0.2) is 43.6 Å². The topological polar surface area (TPSA) is 55.8 Å². The van der Waals surface area contributed by atoms with Gasteiger partial charge in [-0.15, -0.1) is 13.2 Å². The normalized spacial score (nSPS) is 10.7. The largest absolute Gasteiger partial charge is 0.496 e. The van der Waals surface area contributed by atoms with E-state index in [1.807, 2.05) is 54.6 Å². The molecule has 0 N–H and O–H groups in total. The third kappa shape index (κ3) is 6.21. The van der Waals surface area contributed by atoms with Crippen LogP contribution in [0.3, 0.4) is 0 Å². The lowest BCUT2D eigenvalue weighted by molar-refractivity contribution is -0.146. The van der Waals surface area contributed by atoms with E-state index in [2.05, 4.69) is 13.2 Å². The first-order valence-electron chi connectivity index (χ1n) is 9.17. The van der Waals surface area contributed by atoms with E-state index < -0.39 is 5.97 Å². The molecule has 150 valence electrons. The number of rotatable bonds is 10. The van der Waals surface area contributed by atoms with Crippen molar-refractivity contribution in [2.75, 3.05) is 26.8 Å². The molecule has 0 heterocycles. The number of carbonyl (C=O) groups excluding carboxylic acids is 2. The third-order valence-corrected chi connectivity index (χ3v) is 4.12. The van der Waals surface area contributed by atoms with Crippen molar-refractivity contribution < 1.29 is 19.1 Å². The molecule has 0 saturated heterocycles. The Balaban J connectivity index is 2.26. The number of ether oxygens (including phenoxy) is 2. The van der Waals surface area contributed by atoms with E-state index in [4.69, 9.17) is 9.47 Å². The van der Waals surface area contributed by atoms with Crippen molar-refractivity contribution in [1.29, 1.82) is 0 Å². The van der Waals surface area contributed by atoms with Gasteiger partial charge in [0, 0.05) is 18.7 Å². The lowest BCUT2D eigenvalue weighted by Crippen LogP contribution is -2.35. The van der Waals surface area contributed by atoms with Crippen molar-refractivity contribution in [1.82, 2.24) is 4.90 Å². The molecule has 0 aliphatic carbocycles. The van der Waals surface area contributed by atoms with Gasteiger partial charge >= 0.3 is 5.97 Å². The average Bonchev–Trinajstić information content (AvgIpc) is 2.76. The van der Waals surface area contributed by atoms with Crippen LogP contribution in [0.4, 0.5) is 0 Å². The molecular formula is C24H25NO4. The van der Waals surface area contributed by atoms with E-state index in [9.17, 15) is 9.59 Å². The SMILES string of the molecule is C=CCN(CC=C)C(=O)COC(=O)/C(=C/c1ccccc1OC)c1ccccc1. The van der Waals surface area contributed by atoms with E-state index in [-0.39, 0.29) is 12.5 Å². The molecule has 2 rings (SSSR count). The van der Waals surface area contributed by atoms with Crippen LogP contribution in [0.1, 0.15) is 11.1 Å². The highest BCUT2D eigenvalue weighted by atomic mass is 16.5. The van der Waals surface area contributed by atoms with Gasteiger partial charge in [-0.2, -0.15) is 0 Å². The van der Waals surface area contributed by atoms with Crippen molar-refractivity contribution in [3.05, 3.63) is 91.0 Å². The van der Waals surface area contributed by atoms with Crippen molar-refractivity contribution in [3.8, 4) is 5.75 Å². The van der Waals surface area contributed by atoms with Gasteiger partial charge in [0.05, 0.1) is 12.7 Å². The maximum Gasteiger partial charge on any atom is 0.339 e. The van der Waals surface area contributed by atoms with Gasteiger partial charge in [0.25, 0.3) is 5.91 Å². The molecule has 1 amide bonds. The molecular weight excluding hydrogens is 366 g/mol. The van der Waals surface area contributed by atoms with Crippen LogP contribution in [0.25, 0.3) is 11.6 Å². The molecule has 29 heavy (non-hydrogen) atoms. The van der Waals surface area contributed by atoms with Gasteiger partial charge in [0.1, 0.15) is 5.75 Å². The summed E-state index contributed by atoms with van der Waals surface area (Å²) >= 11 is 0. The van der Waals surface area contributed by atoms with Gasteiger partial charge in [-0.25, -0.2) is 4.79 Å². The summed E-state index contributed by atoms with van der Waals surface area (Å²) in [5, 5.41) is 0. The summed E-state index contributed by atoms with van der Waals surface area (Å²) in [4.78, 5) is 26.7. The zero-order valence-electron chi connectivity index (χ0n) is 16.5. The second-order valence-corrected chi connectivity index (χ2v) is 6.12. The summed E-state index contributed by atoms with van der Waals surface area (Å²) in [5.41, 5.74) is 1.75. The van der Waals surface area contributed by atoms with Gasteiger partial charge in [0.2, 0.25) is 0 Å². The number of nitrogens with zero attached hydrogens (tertiary/aromatic N) is 1. The monoisotopic (exact) mass is 391 g/mol. The standard InChI is InChI=1S/C24H25NO4/c1-4-15-25(16-5-2)23(26)18-29-24(27)21(19-11-7-6-8-12-19)17-20-13-9-10-14-22(20)28-3/h4-14,17H,1-2,15-16,18H2,3H3/b21-17+. The summed E-state index contributed by atoms with van der Waals surface area (Å²) in [5.74, 6) is -0.275. The Kier molecular flexibility index (Phi) is 8.45. The van der Waals surface area contributed by atoms with Crippen LogP contribution < -0.4 is 4.74 Å².